The topological polar surface area (TPSA) is 18.5 Å². The van der Waals surface area contributed by atoms with Gasteiger partial charge in [-0.25, -0.2) is 0 Å². The smallest absolute Gasteiger partial charge is 0.0717 e. The van der Waals surface area contributed by atoms with E-state index >= 15 is 0 Å². The summed E-state index contributed by atoms with van der Waals surface area (Å²) in [5.74, 6) is 2.64. The molecular formula is C40H86O2S2Si2. The van der Waals surface area contributed by atoms with Crippen molar-refractivity contribution in [2.24, 2.45) is 0 Å². The molecule has 2 unspecified atom stereocenters. The predicted octanol–water partition coefficient (Wildman–Crippen LogP) is 14.2. The summed E-state index contributed by atoms with van der Waals surface area (Å²) in [5.41, 5.74) is 1.27. The highest BCUT2D eigenvalue weighted by Gasteiger charge is 2.24. The van der Waals surface area contributed by atoms with Crippen molar-refractivity contribution in [3.8, 4) is 0 Å². The lowest BCUT2D eigenvalue weighted by molar-refractivity contribution is 0.0906. The summed E-state index contributed by atoms with van der Waals surface area (Å²) in [6.45, 7) is 16.1. The Morgan fingerprint density at radius 3 is 0.978 bits per heavy atom. The molecule has 6 heteroatoms. The molecule has 278 valence electrons. The molecule has 0 aliphatic rings. The molecule has 46 heavy (non-hydrogen) atoms. The normalized spacial score (nSPS) is 13.3. The number of ether oxygens (including phenoxy) is 2. The molecule has 0 aliphatic heterocycles. The summed E-state index contributed by atoms with van der Waals surface area (Å²) in [6, 6.07) is 6.08. The van der Waals surface area contributed by atoms with Crippen molar-refractivity contribution >= 4 is 39.2 Å². The molecule has 0 radical (unpaired) electrons. The highest BCUT2D eigenvalue weighted by Crippen LogP contribution is 2.27. The highest BCUT2D eigenvalue weighted by molar-refractivity contribution is 8.76. The van der Waals surface area contributed by atoms with Gasteiger partial charge in [-0.2, -0.15) is 0 Å². The Labute approximate surface area is 303 Å². The first-order valence-corrected chi connectivity index (χ1v) is 28.2. The molecule has 0 fully saturated rings. The van der Waals surface area contributed by atoms with Crippen LogP contribution in [0.1, 0.15) is 196 Å². The van der Waals surface area contributed by atoms with Crippen molar-refractivity contribution in [1.29, 1.82) is 0 Å². The van der Waals surface area contributed by atoms with Crippen molar-refractivity contribution in [3.05, 3.63) is 0 Å². The first-order chi connectivity index (χ1) is 22.7. The SMILES string of the molecule is CCCCCOC(CCCCSSCCCCC(OCCCCC)[SiH](CCCCC)CCCCC)[SiH](CCCCC)CCCCC. The van der Waals surface area contributed by atoms with E-state index in [1.165, 1.54) is 190 Å². The Morgan fingerprint density at radius 2 is 0.674 bits per heavy atom. The molecule has 0 bridgehead atoms. The summed E-state index contributed by atoms with van der Waals surface area (Å²) in [4.78, 5) is 0. The minimum absolute atomic E-state index is 0.636. The molecule has 0 spiro atoms. The van der Waals surface area contributed by atoms with Crippen LogP contribution in [0.3, 0.4) is 0 Å². The monoisotopic (exact) mass is 719 g/mol. The lowest BCUT2D eigenvalue weighted by Gasteiger charge is -2.27. The zero-order valence-corrected chi connectivity index (χ0v) is 36.5. The minimum Gasteiger partial charge on any atom is -0.382 e. The van der Waals surface area contributed by atoms with E-state index in [4.69, 9.17) is 9.47 Å². The Hall–Kier alpha value is 1.05. The zero-order chi connectivity index (χ0) is 33.8. The maximum absolute atomic E-state index is 6.71. The van der Waals surface area contributed by atoms with Crippen LogP contribution in [0.2, 0.25) is 24.2 Å². The second kappa shape index (κ2) is 38.8. The van der Waals surface area contributed by atoms with Crippen molar-refractivity contribution in [1.82, 2.24) is 0 Å². The summed E-state index contributed by atoms with van der Waals surface area (Å²) in [7, 11) is 2.64. The van der Waals surface area contributed by atoms with Gasteiger partial charge in [0.2, 0.25) is 0 Å². The third-order valence-corrected chi connectivity index (χ3v) is 20.3. The van der Waals surface area contributed by atoms with Crippen LogP contribution < -0.4 is 0 Å². The maximum atomic E-state index is 6.71. The fourth-order valence-corrected chi connectivity index (χ4v) is 16.7. The summed E-state index contributed by atoms with van der Waals surface area (Å²) in [6.07, 6.45) is 32.8. The number of unbranched alkanes of at least 4 members (excludes halogenated alkanes) is 14. The van der Waals surface area contributed by atoms with Gasteiger partial charge in [-0.3, -0.25) is 0 Å². The molecule has 0 amide bonds. The number of rotatable bonds is 39. The average Bonchev–Trinajstić information content (AvgIpc) is 3.06. The van der Waals surface area contributed by atoms with Gasteiger partial charge in [-0.15, -0.1) is 0 Å². The van der Waals surface area contributed by atoms with Crippen LogP contribution in [0.15, 0.2) is 0 Å². The van der Waals surface area contributed by atoms with Gasteiger partial charge in [0.25, 0.3) is 0 Å². The summed E-state index contributed by atoms with van der Waals surface area (Å²) >= 11 is 0. The van der Waals surface area contributed by atoms with E-state index in [0.717, 1.165) is 13.2 Å². The van der Waals surface area contributed by atoms with Crippen LogP contribution in [-0.4, -0.2) is 53.8 Å². The van der Waals surface area contributed by atoms with Gasteiger partial charge in [0.05, 0.1) is 17.6 Å². The molecule has 0 aromatic carbocycles. The van der Waals surface area contributed by atoms with Gasteiger partial charge in [-0.1, -0.05) is 203 Å². The third-order valence-electron chi connectivity index (χ3n) is 9.94. The van der Waals surface area contributed by atoms with Crippen molar-refractivity contribution in [2.45, 2.75) is 231 Å². The Morgan fingerprint density at radius 1 is 0.370 bits per heavy atom. The molecule has 0 heterocycles. The van der Waals surface area contributed by atoms with E-state index in [9.17, 15) is 0 Å². The van der Waals surface area contributed by atoms with E-state index < -0.39 is 17.6 Å². The quantitative estimate of drug-likeness (QED) is 0.0358. The lowest BCUT2D eigenvalue weighted by Crippen LogP contribution is -2.34. The third kappa shape index (κ3) is 29.9. The maximum Gasteiger partial charge on any atom is 0.0717 e. The van der Waals surface area contributed by atoms with Crippen LogP contribution in [0.5, 0.6) is 0 Å². The van der Waals surface area contributed by atoms with Crippen LogP contribution >= 0.6 is 21.6 Å². The fraction of sp³-hybridized carbons (Fsp3) is 1.00. The van der Waals surface area contributed by atoms with Gasteiger partial charge in [0.15, 0.2) is 0 Å². The average molecular weight is 719 g/mol. The van der Waals surface area contributed by atoms with E-state index in [2.05, 4.69) is 63.1 Å². The summed E-state index contributed by atoms with van der Waals surface area (Å²) in [5, 5.41) is 0. The van der Waals surface area contributed by atoms with Crippen molar-refractivity contribution in [3.63, 3.8) is 0 Å². The van der Waals surface area contributed by atoms with E-state index in [-0.39, 0.29) is 0 Å². The van der Waals surface area contributed by atoms with Gasteiger partial charge >= 0.3 is 0 Å². The summed E-state index contributed by atoms with van der Waals surface area (Å²) < 4.78 is 13.4. The first kappa shape index (κ1) is 47.1. The van der Waals surface area contributed by atoms with Crippen molar-refractivity contribution < 1.29 is 9.47 Å². The number of hydrogen-bond donors (Lipinski definition) is 0. The van der Waals surface area contributed by atoms with E-state index in [1.807, 2.05) is 0 Å². The second-order valence-electron chi connectivity index (χ2n) is 14.4. The van der Waals surface area contributed by atoms with Gasteiger partial charge in [-0.05, 0) is 38.5 Å². The molecule has 0 saturated carbocycles. The molecule has 0 aliphatic carbocycles. The Bertz CT molecular complexity index is 503. The van der Waals surface area contributed by atoms with Crippen LogP contribution in [0.25, 0.3) is 0 Å². The van der Waals surface area contributed by atoms with E-state index in [0.29, 0.717) is 11.5 Å². The van der Waals surface area contributed by atoms with Gasteiger partial charge in [0.1, 0.15) is 0 Å². The van der Waals surface area contributed by atoms with Gasteiger partial charge in [0, 0.05) is 36.2 Å². The Kier molecular flexibility index (Phi) is 39.7. The largest absolute Gasteiger partial charge is 0.382 e. The second-order valence-corrected chi connectivity index (χ2v) is 23.9. The molecule has 0 aromatic rings. The van der Waals surface area contributed by atoms with Crippen LogP contribution in [0, 0.1) is 0 Å². The standard InChI is InChI=1S/C40H86O2S2Si2/c1-7-13-21-31-41-39(45(35-25-15-9-3)36-26-16-10-4)29-19-23-33-43-44-34-24-20-30-40(42-32-22-14-8-2)46(37-27-17-11-5)38-28-18-12-6/h39-40,45-46H,7-38H2,1-6H3. The van der Waals surface area contributed by atoms with Crippen molar-refractivity contribution in [2.75, 3.05) is 24.7 Å². The fourth-order valence-electron chi connectivity index (χ4n) is 6.87. The number of hydrogen-bond acceptors (Lipinski definition) is 4. The van der Waals surface area contributed by atoms with Gasteiger partial charge < -0.3 is 9.47 Å². The molecule has 0 N–H and O–H groups in total. The molecule has 2 nitrogen and oxygen atoms in total. The first-order valence-electron chi connectivity index (χ1n) is 21.2. The molecular weight excluding hydrogens is 633 g/mol. The Balaban J connectivity index is 4.58. The molecule has 2 atom stereocenters. The minimum atomic E-state index is -0.828. The zero-order valence-electron chi connectivity index (χ0n) is 32.6. The highest BCUT2D eigenvalue weighted by atomic mass is 33.1. The van der Waals surface area contributed by atoms with Crippen LogP contribution in [-0.2, 0) is 9.47 Å². The molecule has 0 aromatic heterocycles. The predicted molar refractivity (Wildman–Crippen MR) is 223 cm³/mol. The van der Waals surface area contributed by atoms with Crippen LogP contribution in [0.4, 0.5) is 0 Å². The lowest BCUT2D eigenvalue weighted by atomic mass is 10.2. The molecule has 0 rings (SSSR count). The van der Waals surface area contributed by atoms with E-state index in [1.54, 1.807) is 0 Å². The molecule has 0 saturated heterocycles.